The molecule has 0 aliphatic heterocycles. The highest BCUT2D eigenvalue weighted by Gasteiger charge is 2.07. The van der Waals surface area contributed by atoms with Gasteiger partial charge in [-0.05, 0) is 13.0 Å². The van der Waals surface area contributed by atoms with E-state index < -0.39 is 0 Å². The van der Waals surface area contributed by atoms with Crippen LogP contribution in [0.2, 0.25) is 0 Å². The molecule has 0 spiro atoms. The summed E-state index contributed by atoms with van der Waals surface area (Å²) in [5.41, 5.74) is 1.77. The van der Waals surface area contributed by atoms with Crippen molar-refractivity contribution in [3.8, 4) is 11.6 Å². The number of aryl methyl sites for hydroxylation is 2. The summed E-state index contributed by atoms with van der Waals surface area (Å²) < 4.78 is 6.75. The molecule has 0 radical (unpaired) electrons. The van der Waals surface area contributed by atoms with Gasteiger partial charge in [0.25, 0.3) is 5.89 Å². The van der Waals surface area contributed by atoms with Crippen LogP contribution < -0.4 is 0 Å². The molecule has 0 saturated heterocycles. The number of nitrogens with zero attached hydrogens (tertiary/aromatic N) is 4. The minimum Gasteiger partial charge on any atom is -0.422 e. The molecule has 0 bridgehead atoms. The summed E-state index contributed by atoms with van der Waals surface area (Å²) in [7, 11) is 1.87. The zero-order valence-electron chi connectivity index (χ0n) is 6.85. The SMILES string of the molecule is Cc1cc(-c2nnco2)nn1C. The van der Waals surface area contributed by atoms with E-state index in [1.54, 1.807) is 4.68 Å². The Bertz CT molecular complexity index is 357. The van der Waals surface area contributed by atoms with E-state index in [0.717, 1.165) is 5.69 Å². The molecule has 2 heterocycles. The second-order valence-electron chi connectivity index (χ2n) is 2.54. The molecule has 5 nitrogen and oxygen atoms in total. The van der Waals surface area contributed by atoms with Crippen LogP contribution in [0.1, 0.15) is 5.69 Å². The molecular weight excluding hydrogens is 156 g/mol. The van der Waals surface area contributed by atoms with Crippen LogP contribution in [0.4, 0.5) is 0 Å². The summed E-state index contributed by atoms with van der Waals surface area (Å²) in [5.74, 6) is 0.457. The van der Waals surface area contributed by atoms with Crippen molar-refractivity contribution in [3.05, 3.63) is 18.2 Å². The van der Waals surface area contributed by atoms with Gasteiger partial charge >= 0.3 is 0 Å². The predicted octanol–water partition coefficient (Wildman–Crippen LogP) is 0.779. The zero-order valence-corrected chi connectivity index (χ0v) is 6.85. The fourth-order valence-corrected chi connectivity index (χ4v) is 0.950. The Morgan fingerprint density at radius 3 is 2.83 bits per heavy atom. The van der Waals surface area contributed by atoms with Crippen LogP contribution in [-0.2, 0) is 7.05 Å². The number of aromatic nitrogens is 4. The van der Waals surface area contributed by atoms with Gasteiger partial charge in [0, 0.05) is 12.7 Å². The Kier molecular flexibility index (Phi) is 1.43. The maximum absolute atomic E-state index is 4.99. The number of hydrogen-bond acceptors (Lipinski definition) is 4. The van der Waals surface area contributed by atoms with Crippen molar-refractivity contribution in [2.45, 2.75) is 6.92 Å². The highest BCUT2D eigenvalue weighted by atomic mass is 16.4. The van der Waals surface area contributed by atoms with Crippen molar-refractivity contribution in [2.24, 2.45) is 7.05 Å². The molecule has 62 valence electrons. The van der Waals surface area contributed by atoms with Crippen LogP contribution >= 0.6 is 0 Å². The molecule has 0 aliphatic rings. The first-order valence-corrected chi connectivity index (χ1v) is 3.54. The van der Waals surface area contributed by atoms with Crippen molar-refractivity contribution in [3.63, 3.8) is 0 Å². The maximum atomic E-state index is 4.99. The van der Waals surface area contributed by atoms with Gasteiger partial charge in [0.1, 0.15) is 5.69 Å². The van der Waals surface area contributed by atoms with Gasteiger partial charge in [-0.2, -0.15) is 5.10 Å². The van der Waals surface area contributed by atoms with E-state index in [0.29, 0.717) is 11.6 Å². The van der Waals surface area contributed by atoms with Crippen LogP contribution in [0.3, 0.4) is 0 Å². The highest BCUT2D eigenvalue weighted by Crippen LogP contribution is 2.14. The van der Waals surface area contributed by atoms with Gasteiger partial charge in [0.2, 0.25) is 6.39 Å². The molecule has 5 heteroatoms. The summed E-state index contributed by atoms with van der Waals surface area (Å²) in [6.45, 7) is 1.97. The van der Waals surface area contributed by atoms with Gasteiger partial charge in [-0.25, -0.2) is 0 Å². The molecule has 2 aromatic heterocycles. The van der Waals surface area contributed by atoms with Crippen LogP contribution in [0, 0.1) is 6.92 Å². The molecule has 0 aromatic carbocycles. The van der Waals surface area contributed by atoms with Crippen molar-refractivity contribution in [1.29, 1.82) is 0 Å². The quantitative estimate of drug-likeness (QED) is 0.624. The summed E-state index contributed by atoms with van der Waals surface area (Å²) in [6.07, 6.45) is 1.29. The first-order valence-electron chi connectivity index (χ1n) is 3.54. The molecule has 0 unspecified atom stereocenters. The fraction of sp³-hybridized carbons (Fsp3) is 0.286. The lowest BCUT2D eigenvalue weighted by atomic mass is 10.4. The molecule has 0 aliphatic carbocycles. The van der Waals surface area contributed by atoms with E-state index in [1.165, 1.54) is 6.39 Å². The Balaban J connectivity index is 2.48. The number of hydrogen-bond donors (Lipinski definition) is 0. The molecule has 0 N–H and O–H groups in total. The molecule has 0 amide bonds. The largest absolute Gasteiger partial charge is 0.422 e. The van der Waals surface area contributed by atoms with Crippen LogP contribution in [0.5, 0.6) is 0 Å². The monoisotopic (exact) mass is 164 g/mol. The number of rotatable bonds is 1. The normalized spacial score (nSPS) is 10.5. The smallest absolute Gasteiger partial charge is 0.267 e. The van der Waals surface area contributed by atoms with Crippen molar-refractivity contribution in [2.75, 3.05) is 0 Å². The van der Waals surface area contributed by atoms with E-state index in [-0.39, 0.29) is 0 Å². The van der Waals surface area contributed by atoms with Gasteiger partial charge in [-0.3, -0.25) is 4.68 Å². The van der Waals surface area contributed by atoms with Crippen LogP contribution in [0.15, 0.2) is 16.9 Å². The summed E-state index contributed by atoms with van der Waals surface area (Å²) in [6, 6.07) is 1.90. The third-order valence-corrected chi connectivity index (χ3v) is 1.69. The molecule has 2 rings (SSSR count). The predicted molar refractivity (Wildman–Crippen MR) is 41.2 cm³/mol. The minimum absolute atomic E-state index is 0.457. The Morgan fingerprint density at radius 2 is 2.33 bits per heavy atom. The summed E-state index contributed by atoms with van der Waals surface area (Å²) >= 11 is 0. The van der Waals surface area contributed by atoms with Gasteiger partial charge in [0.15, 0.2) is 0 Å². The zero-order chi connectivity index (χ0) is 8.55. The highest BCUT2D eigenvalue weighted by molar-refractivity contribution is 5.45. The summed E-state index contributed by atoms with van der Waals surface area (Å²) in [5, 5.41) is 11.5. The Hall–Kier alpha value is -1.65. The Labute approximate surface area is 69.0 Å². The molecular formula is C7H8N4O. The van der Waals surface area contributed by atoms with Crippen LogP contribution in [-0.4, -0.2) is 20.0 Å². The molecule has 0 saturated carbocycles. The summed E-state index contributed by atoms with van der Waals surface area (Å²) in [4.78, 5) is 0. The standard InChI is InChI=1S/C7H8N4O/c1-5-3-6(10-11(5)2)7-9-8-4-12-7/h3-4H,1-2H3. The van der Waals surface area contributed by atoms with E-state index in [4.69, 9.17) is 4.42 Å². The van der Waals surface area contributed by atoms with Gasteiger partial charge in [-0.1, -0.05) is 0 Å². The molecule has 12 heavy (non-hydrogen) atoms. The lowest BCUT2D eigenvalue weighted by molar-refractivity contribution is 0.564. The minimum atomic E-state index is 0.457. The van der Waals surface area contributed by atoms with Crippen molar-refractivity contribution >= 4 is 0 Å². The van der Waals surface area contributed by atoms with E-state index in [1.807, 2.05) is 20.0 Å². The molecule has 0 atom stereocenters. The Morgan fingerprint density at radius 1 is 1.50 bits per heavy atom. The average molecular weight is 164 g/mol. The van der Waals surface area contributed by atoms with Gasteiger partial charge in [-0.15, -0.1) is 10.2 Å². The third kappa shape index (κ3) is 0.990. The first kappa shape index (κ1) is 7.02. The van der Waals surface area contributed by atoms with E-state index >= 15 is 0 Å². The third-order valence-electron chi connectivity index (χ3n) is 1.69. The van der Waals surface area contributed by atoms with Gasteiger partial charge in [0.05, 0.1) is 0 Å². The van der Waals surface area contributed by atoms with Gasteiger partial charge < -0.3 is 4.42 Å². The van der Waals surface area contributed by atoms with Crippen molar-refractivity contribution in [1.82, 2.24) is 20.0 Å². The second-order valence-corrected chi connectivity index (χ2v) is 2.54. The molecule has 2 aromatic rings. The first-order chi connectivity index (χ1) is 5.77. The maximum Gasteiger partial charge on any atom is 0.267 e. The fourth-order valence-electron chi connectivity index (χ4n) is 0.950. The van der Waals surface area contributed by atoms with E-state index in [9.17, 15) is 0 Å². The average Bonchev–Trinajstić information content (AvgIpc) is 2.61. The van der Waals surface area contributed by atoms with E-state index in [2.05, 4.69) is 15.3 Å². The van der Waals surface area contributed by atoms with Crippen molar-refractivity contribution < 1.29 is 4.42 Å². The van der Waals surface area contributed by atoms with Crippen LogP contribution in [0.25, 0.3) is 11.6 Å². The lowest BCUT2D eigenvalue weighted by Gasteiger charge is -1.88. The lowest BCUT2D eigenvalue weighted by Crippen LogP contribution is -1.92. The second kappa shape index (κ2) is 2.44. The topological polar surface area (TPSA) is 56.7 Å². The molecule has 0 fully saturated rings.